The van der Waals surface area contributed by atoms with Crippen molar-refractivity contribution >= 4 is 29.6 Å². The van der Waals surface area contributed by atoms with Crippen LogP contribution in [-0.2, 0) is 0 Å². The topological polar surface area (TPSA) is 154 Å². The number of aromatic amines is 1. The van der Waals surface area contributed by atoms with Crippen molar-refractivity contribution in [2.75, 3.05) is 0 Å². The Hall–Kier alpha value is -3.00. The quantitative estimate of drug-likeness (QED) is 0.503. The number of hydrogen-bond acceptors (Lipinski definition) is 8. The summed E-state index contributed by atoms with van der Waals surface area (Å²) >= 11 is 0. The molecule has 95 valence electrons. The molecule has 21 heavy (non-hydrogen) atoms. The van der Waals surface area contributed by atoms with Gasteiger partial charge in [0, 0.05) is 42.0 Å². The first-order chi connectivity index (χ1) is 9.69. The molecular weight excluding hydrogens is 281 g/mol. The summed E-state index contributed by atoms with van der Waals surface area (Å²) in [7, 11) is 0. The molecule has 1 aliphatic heterocycles. The summed E-state index contributed by atoms with van der Waals surface area (Å²) in [5.74, 6) is 0. The van der Waals surface area contributed by atoms with Gasteiger partial charge in [-0.1, -0.05) is 0 Å². The monoisotopic (exact) mass is 286 g/mol. The number of hydrogen-bond donors (Lipinski definition) is 1. The smallest absolute Gasteiger partial charge is 0.279 e. The zero-order valence-electron chi connectivity index (χ0n) is 10.9. The SMILES string of the molecule is N#CC1=CN(C#N)N(C#N)C1(C#N)C#N.[Na].c1cn[nH]c1. The Labute approximate surface area is 142 Å². The van der Waals surface area contributed by atoms with E-state index in [2.05, 4.69) is 10.2 Å². The van der Waals surface area contributed by atoms with E-state index in [1.165, 1.54) is 6.19 Å². The summed E-state index contributed by atoms with van der Waals surface area (Å²) in [5, 5.41) is 51.1. The molecule has 0 bridgehead atoms. The third-order valence-electron chi connectivity index (χ3n) is 2.22. The number of aromatic nitrogens is 2. The van der Waals surface area contributed by atoms with Crippen LogP contribution in [0, 0.1) is 56.9 Å². The largest absolute Gasteiger partial charge is 0.286 e. The first-order valence-electron chi connectivity index (χ1n) is 4.97. The molecule has 2 rings (SSSR count). The van der Waals surface area contributed by atoms with Crippen molar-refractivity contribution in [3.63, 3.8) is 0 Å². The van der Waals surface area contributed by atoms with Gasteiger partial charge in [0.25, 0.3) is 5.54 Å². The van der Waals surface area contributed by atoms with Crippen molar-refractivity contribution in [3.8, 4) is 30.6 Å². The van der Waals surface area contributed by atoms with Gasteiger partial charge in [-0.2, -0.15) is 41.4 Å². The van der Waals surface area contributed by atoms with Crippen molar-refractivity contribution < 1.29 is 0 Å². The number of hydrazine groups is 1. The van der Waals surface area contributed by atoms with Gasteiger partial charge in [-0.05, 0) is 6.07 Å². The predicted octanol–water partition coefficient (Wildman–Crippen LogP) is -0.297. The molecule has 1 radical (unpaired) electrons. The first kappa shape index (κ1) is 18.0. The first-order valence-corrected chi connectivity index (χ1v) is 4.97. The van der Waals surface area contributed by atoms with Crippen LogP contribution in [0.1, 0.15) is 0 Å². The van der Waals surface area contributed by atoms with E-state index in [0.717, 1.165) is 6.20 Å². The molecule has 9 nitrogen and oxygen atoms in total. The van der Waals surface area contributed by atoms with Crippen molar-refractivity contribution in [3.05, 3.63) is 30.2 Å². The van der Waals surface area contributed by atoms with Crippen LogP contribution in [0.4, 0.5) is 0 Å². The maximum atomic E-state index is 8.84. The molecule has 1 aromatic heterocycles. The molecule has 0 saturated carbocycles. The molecule has 10 heteroatoms. The molecule has 1 aliphatic rings. The van der Waals surface area contributed by atoms with E-state index >= 15 is 0 Å². The second-order valence-corrected chi connectivity index (χ2v) is 3.21. The molecule has 0 amide bonds. The molecule has 0 unspecified atom stereocenters. The molecule has 0 fully saturated rings. The van der Waals surface area contributed by atoms with Crippen LogP contribution < -0.4 is 0 Å². The van der Waals surface area contributed by atoms with Gasteiger partial charge in [0.2, 0.25) is 12.4 Å². The summed E-state index contributed by atoms with van der Waals surface area (Å²) in [4.78, 5) is 0. The second-order valence-electron chi connectivity index (χ2n) is 3.21. The molecule has 0 aliphatic carbocycles. The minimum atomic E-state index is -2.03. The Kier molecular flexibility index (Phi) is 7.05. The fourth-order valence-corrected chi connectivity index (χ4v) is 1.31. The molecule has 0 saturated heterocycles. The Morgan fingerprint density at radius 2 is 1.76 bits per heavy atom. The van der Waals surface area contributed by atoms with E-state index in [1.54, 1.807) is 36.8 Å². The van der Waals surface area contributed by atoms with E-state index in [0.29, 0.717) is 10.0 Å². The fourth-order valence-electron chi connectivity index (χ4n) is 1.31. The Morgan fingerprint density at radius 1 is 1.10 bits per heavy atom. The minimum Gasteiger partial charge on any atom is -0.286 e. The van der Waals surface area contributed by atoms with Crippen LogP contribution in [0.2, 0.25) is 0 Å². The summed E-state index contributed by atoms with van der Waals surface area (Å²) in [5.41, 5.74) is -2.28. The van der Waals surface area contributed by atoms with Crippen LogP contribution >= 0.6 is 0 Å². The van der Waals surface area contributed by atoms with Crippen LogP contribution in [0.15, 0.2) is 30.2 Å². The standard InChI is InChI=1S/C8HN7.C3H4N2.Na/c9-1-7-2-14(5-12)15(6-13)8(7,3-10)4-11;1-2-4-5-3-1;/h2H;1-3H,(H,4,5);. The van der Waals surface area contributed by atoms with Gasteiger partial charge in [0.1, 0.15) is 23.8 Å². The maximum Gasteiger partial charge on any atom is 0.279 e. The van der Waals surface area contributed by atoms with Gasteiger partial charge >= 0.3 is 0 Å². The van der Waals surface area contributed by atoms with E-state index in [9.17, 15) is 0 Å². The van der Waals surface area contributed by atoms with Crippen molar-refractivity contribution in [2.45, 2.75) is 5.54 Å². The van der Waals surface area contributed by atoms with Gasteiger partial charge in [-0.15, -0.1) is 0 Å². The van der Waals surface area contributed by atoms with Gasteiger partial charge in [-0.3, -0.25) is 5.10 Å². The van der Waals surface area contributed by atoms with Gasteiger partial charge in [-0.25, -0.2) is 0 Å². The Balaban J connectivity index is 0.000000562. The molecule has 0 aromatic carbocycles. The van der Waals surface area contributed by atoms with E-state index in [1.807, 2.05) is 6.07 Å². The zero-order valence-corrected chi connectivity index (χ0v) is 12.9. The third kappa shape index (κ3) is 3.31. The van der Waals surface area contributed by atoms with Crippen LogP contribution in [0.3, 0.4) is 0 Å². The van der Waals surface area contributed by atoms with Crippen molar-refractivity contribution in [1.29, 1.82) is 26.3 Å². The fraction of sp³-hybridized carbons (Fsp3) is 0.0909. The molecule has 0 spiro atoms. The summed E-state index contributed by atoms with van der Waals surface area (Å²) in [6.07, 6.45) is 7.51. The summed E-state index contributed by atoms with van der Waals surface area (Å²) in [6.45, 7) is 0. The number of nitrogens with zero attached hydrogens (tertiary/aromatic N) is 8. The molecule has 2 heterocycles. The predicted molar refractivity (Wildman–Crippen MR) is 66.9 cm³/mol. The summed E-state index contributed by atoms with van der Waals surface area (Å²) < 4.78 is 0. The Bertz CT molecular complexity index is 670. The third-order valence-corrected chi connectivity index (χ3v) is 2.22. The summed E-state index contributed by atoms with van der Waals surface area (Å²) in [6, 6.07) is 6.55. The van der Waals surface area contributed by atoms with Crippen LogP contribution in [-0.4, -0.2) is 55.3 Å². The average molecular weight is 286 g/mol. The number of H-pyrrole nitrogens is 1. The normalized spacial score (nSPS) is 13.6. The van der Waals surface area contributed by atoms with Crippen LogP contribution in [0.25, 0.3) is 0 Å². The number of nitrogens with one attached hydrogen (secondary N) is 1. The number of nitriles is 5. The average Bonchev–Trinajstić information content (AvgIpc) is 3.15. The van der Waals surface area contributed by atoms with Gasteiger partial charge < -0.3 is 0 Å². The Morgan fingerprint density at radius 3 is 2.05 bits per heavy atom. The molecule has 0 atom stereocenters. The van der Waals surface area contributed by atoms with Gasteiger partial charge in [0.15, 0.2) is 0 Å². The maximum absolute atomic E-state index is 8.84. The second kappa shape index (κ2) is 8.23. The van der Waals surface area contributed by atoms with E-state index < -0.39 is 5.54 Å². The van der Waals surface area contributed by atoms with Crippen LogP contribution in [0.5, 0.6) is 0 Å². The minimum absolute atomic E-state index is 0. The van der Waals surface area contributed by atoms with Gasteiger partial charge in [0.05, 0.1) is 6.20 Å². The van der Waals surface area contributed by atoms with E-state index in [-0.39, 0.29) is 35.1 Å². The van der Waals surface area contributed by atoms with E-state index in [4.69, 9.17) is 26.3 Å². The molecule has 1 N–H and O–H groups in total. The molecular formula is C11H5N9Na. The number of rotatable bonds is 0. The van der Waals surface area contributed by atoms with Crippen molar-refractivity contribution in [2.24, 2.45) is 0 Å². The zero-order chi connectivity index (χ0) is 15.0. The van der Waals surface area contributed by atoms with Crippen molar-refractivity contribution in [1.82, 2.24) is 20.2 Å². The molecule has 1 aromatic rings.